The summed E-state index contributed by atoms with van der Waals surface area (Å²) in [7, 11) is 0. The number of carbonyl (C=O) groups excluding carboxylic acids is 3. The number of halogens is 1. The number of hydrogen-bond donors (Lipinski definition) is 2. The van der Waals surface area contributed by atoms with Gasteiger partial charge >= 0.3 is 6.03 Å². The second kappa shape index (κ2) is 10.9. The fourth-order valence-corrected chi connectivity index (χ4v) is 4.40. The largest absolute Gasteiger partial charge is 0.339 e. The molecular formula is C25H25FN4O3S. The second-order valence-corrected chi connectivity index (χ2v) is 8.89. The van der Waals surface area contributed by atoms with Crippen LogP contribution in [0.5, 0.6) is 0 Å². The predicted molar refractivity (Wildman–Crippen MR) is 129 cm³/mol. The number of anilines is 1. The van der Waals surface area contributed by atoms with E-state index in [1.165, 1.54) is 35.6 Å². The molecule has 1 atom stereocenters. The Morgan fingerprint density at radius 1 is 0.882 bits per heavy atom. The maximum Gasteiger partial charge on any atom is 0.321 e. The summed E-state index contributed by atoms with van der Waals surface area (Å²) in [6.45, 7) is 1.43. The average Bonchev–Trinajstić information content (AvgIpc) is 3.41. The Morgan fingerprint density at radius 3 is 2.21 bits per heavy atom. The highest BCUT2D eigenvalue weighted by Crippen LogP contribution is 2.14. The molecule has 1 aromatic heterocycles. The summed E-state index contributed by atoms with van der Waals surface area (Å²) >= 11 is 1.32. The molecule has 176 valence electrons. The lowest BCUT2D eigenvalue weighted by atomic mass is 10.0. The zero-order valence-corrected chi connectivity index (χ0v) is 19.3. The quantitative estimate of drug-likeness (QED) is 0.566. The Kier molecular flexibility index (Phi) is 7.54. The van der Waals surface area contributed by atoms with Gasteiger partial charge in [0, 0.05) is 38.3 Å². The van der Waals surface area contributed by atoms with Crippen molar-refractivity contribution in [3.8, 4) is 0 Å². The Labute approximate surface area is 201 Å². The summed E-state index contributed by atoms with van der Waals surface area (Å²) in [5.74, 6) is -0.824. The van der Waals surface area contributed by atoms with Crippen LogP contribution >= 0.6 is 11.3 Å². The topological polar surface area (TPSA) is 81.8 Å². The van der Waals surface area contributed by atoms with E-state index in [-0.39, 0.29) is 23.7 Å². The Hall–Kier alpha value is -3.72. The lowest BCUT2D eigenvalue weighted by molar-refractivity contribution is -0.134. The van der Waals surface area contributed by atoms with Crippen LogP contribution in [-0.4, -0.2) is 59.9 Å². The molecule has 7 nitrogen and oxygen atoms in total. The van der Waals surface area contributed by atoms with Crippen LogP contribution in [0.15, 0.2) is 72.1 Å². The molecule has 3 aromatic rings. The van der Waals surface area contributed by atoms with Crippen molar-refractivity contribution in [1.29, 1.82) is 0 Å². The van der Waals surface area contributed by atoms with Gasteiger partial charge in [0.1, 0.15) is 11.9 Å². The number of piperazine rings is 1. The van der Waals surface area contributed by atoms with Gasteiger partial charge in [0.15, 0.2) is 0 Å². The fraction of sp³-hybridized carbons (Fsp3) is 0.240. The smallest absolute Gasteiger partial charge is 0.321 e. The lowest BCUT2D eigenvalue weighted by Crippen LogP contribution is -2.56. The molecule has 1 fully saturated rings. The third-order valence-corrected chi connectivity index (χ3v) is 6.47. The summed E-state index contributed by atoms with van der Waals surface area (Å²) < 4.78 is 13.1. The summed E-state index contributed by atoms with van der Waals surface area (Å²) in [4.78, 5) is 42.4. The maximum atomic E-state index is 13.4. The number of benzene rings is 2. The molecule has 1 aliphatic rings. The second-order valence-electron chi connectivity index (χ2n) is 7.94. The Morgan fingerprint density at radius 2 is 1.56 bits per heavy atom. The average molecular weight is 481 g/mol. The van der Waals surface area contributed by atoms with Gasteiger partial charge in [0.05, 0.1) is 4.88 Å². The van der Waals surface area contributed by atoms with Crippen molar-refractivity contribution in [3.05, 3.63) is 88.4 Å². The van der Waals surface area contributed by atoms with E-state index in [1.807, 2.05) is 35.7 Å². The summed E-state index contributed by atoms with van der Waals surface area (Å²) in [6.07, 6.45) is 0.377. The van der Waals surface area contributed by atoms with Crippen molar-refractivity contribution in [2.75, 3.05) is 31.5 Å². The van der Waals surface area contributed by atoms with E-state index in [4.69, 9.17) is 0 Å². The lowest BCUT2D eigenvalue weighted by Gasteiger charge is -2.36. The van der Waals surface area contributed by atoms with E-state index in [0.29, 0.717) is 43.2 Å². The normalized spacial score (nSPS) is 14.4. The van der Waals surface area contributed by atoms with Crippen LogP contribution < -0.4 is 10.6 Å². The fourth-order valence-electron chi connectivity index (χ4n) is 3.77. The van der Waals surface area contributed by atoms with Gasteiger partial charge in [0.2, 0.25) is 5.91 Å². The van der Waals surface area contributed by atoms with Crippen LogP contribution in [0.25, 0.3) is 0 Å². The minimum Gasteiger partial charge on any atom is -0.339 e. The van der Waals surface area contributed by atoms with Gasteiger partial charge in [-0.05, 0) is 41.3 Å². The van der Waals surface area contributed by atoms with Crippen LogP contribution in [0.3, 0.4) is 0 Å². The Balaban J connectivity index is 1.37. The molecule has 2 aromatic carbocycles. The van der Waals surface area contributed by atoms with Gasteiger partial charge < -0.3 is 20.4 Å². The molecule has 0 spiro atoms. The van der Waals surface area contributed by atoms with E-state index in [0.717, 1.165) is 5.56 Å². The van der Waals surface area contributed by atoms with Crippen LogP contribution in [0.1, 0.15) is 15.2 Å². The zero-order chi connectivity index (χ0) is 23.9. The van der Waals surface area contributed by atoms with Crippen LogP contribution in [0.2, 0.25) is 0 Å². The molecule has 1 saturated heterocycles. The van der Waals surface area contributed by atoms with Gasteiger partial charge in [-0.15, -0.1) is 11.3 Å². The number of hydrogen-bond acceptors (Lipinski definition) is 4. The first kappa shape index (κ1) is 23.4. The minimum absolute atomic E-state index is 0.174. The number of nitrogens with one attached hydrogen (secondary N) is 2. The molecule has 1 aliphatic heterocycles. The highest BCUT2D eigenvalue weighted by Gasteiger charge is 2.30. The monoisotopic (exact) mass is 480 g/mol. The van der Waals surface area contributed by atoms with E-state index >= 15 is 0 Å². The predicted octanol–water partition coefficient (Wildman–Crippen LogP) is 3.60. The number of nitrogens with zero attached hydrogens (tertiary/aromatic N) is 2. The Bertz CT molecular complexity index is 1110. The van der Waals surface area contributed by atoms with E-state index in [9.17, 15) is 18.8 Å². The van der Waals surface area contributed by atoms with Crippen molar-refractivity contribution < 1.29 is 18.8 Å². The molecule has 4 amide bonds. The van der Waals surface area contributed by atoms with E-state index in [1.54, 1.807) is 21.9 Å². The van der Waals surface area contributed by atoms with Crippen molar-refractivity contribution in [1.82, 2.24) is 15.1 Å². The third kappa shape index (κ3) is 5.99. The number of carbonyl (C=O) groups is 3. The summed E-state index contributed by atoms with van der Waals surface area (Å²) in [6, 6.07) is 17.6. The SMILES string of the molecule is O=C(NC(Cc1ccccc1)C(=O)N1CCN(C(=O)Nc2ccc(F)cc2)CC1)c1cccs1. The highest BCUT2D eigenvalue weighted by atomic mass is 32.1. The van der Waals surface area contributed by atoms with Crippen LogP contribution in [0.4, 0.5) is 14.9 Å². The number of urea groups is 1. The number of amides is 4. The van der Waals surface area contributed by atoms with Crippen molar-refractivity contribution in [2.24, 2.45) is 0 Å². The van der Waals surface area contributed by atoms with Crippen LogP contribution in [0, 0.1) is 5.82 Å². The van der Waals surface area contributed by atoms with Gasteiger partial charge in [-0.25, -0.2) is 9.18 Å². The summed E-state index contributed by atoms with van der Waals surface area (Å²) in [5.41, 5.74) is 1.45. The van der Waals surface area contributed by atoms with Crippen LogP contribution in [-0.2, 0) is 11.2 Å². The van der Waals surface area contributed by atoms with E-state index in [2.05, 4.69) is 10.6 Å². The molecule has 34 heavy (non-hydrogen) atoms. The van der Waals surface area contributed by atoms with Crippen molar-refractivity contribution in [3.63, 3.8) is 0 Å². The molecule has 1 unspecified atom stereocenters. The molecule has 2 heterocycles. The van der Waals surface area contributed by atoms with Crippen molar-refractivity contribution >= 4 is 34.9 Å². The molecule has 4 rings (SSSR count). The molecule has 0 saturated carbocycles. The van der Waals surface area contributed by atoms with Gasteiger partial charge in [-0.2, -0.15) is 0 Å². The first-order valence-electron chi connectivity index (χ1n) is 11.0. The molecule has 0 bridgehead atoms. The third-order valence-electron chi connectivity index (χ3n) is 5.61. The summed E-state index contributed by atoms with van der Waals surface area (Å²) in [5, 5.41) is 7.45. The van der Waals surface area contributed by atoms with Gasteiger partial charge in [-0.3, -0.25) is 9.59 Å². The number of rotatable bonds is 6. The molecule has 2 N–H and O–H groups in total. The van der Waals surface area contributed by atoms with Gasteiger partial charge in [0.25, 0.3) is 5.91 Å². The van der Waals surface area contributed by atoms with Gasteiger partial charge in [-0.1, -0.05) is 36.4 Å². The minimum atomic E-state index is -0.711. The number of thiophene rings is 1. The molecule has 0 radical (unpaired) electrons. The molecule has 9 heteroatoms. The molecular weight excluding hydrogens is 455 g/mol. The van der Waals surface area contributed by atoms with Crippen molar-refractivity contribution in [2.45, 2.75) is 12.5 Å². The maximum absolute atomic E-state index is 13.4. The standard InChI is InChI=1S/C25H25FN4O3S/c26-19-8-10-20(11-9-19)27-25(33)30-14-12-29(13-15-30)24(32)21(17-18-5-2-1-3-6-18)28-23(31)22-7-4-16-34-22/h1-11,16,21H,12-15,17H2,(H,27,33)(H,28,31). The zero-order valence-electron chi connectivity index (χ0n) is 18.4. The first-order valence-corrected chi connectivity index (χ1v) is 11.9. The first-order chi connectivity index (χ1) is 16.5. The molecule has 0 aliphatic carbocycles. The van der Waals surface area contributed by atoms with E-state index < -0.39 is 6.04 Å². The highest BCUT2D eigenvalue weighted by molar-refractivity contribution is 7.12.